The minimum Gasteiger partial charge on any atom is -0.494 e. The number of benzene rings is 2. The second kappa shape index (κ2) is 11.8. The lowest BCUT2D eigenvalue weighted by Gasteiger charge is -2.38. The van der Waals surface area contributed by atoms with Gasteiger partial charge in [0.2, 0.25) is 0 Å². The number of halogens is 1. The van der Waals surface area contributed by atoms with Crippen molar-refractivity contribution in [2.24, 2.45) is 11.8 Å². The Bertz CT molecular complexity index is 1100. The van der Waals surface area contributed by atoms with Crippen LogP contribution >= 0.6 is 0 Å². The summed E-state index contributed by atoms with van der Waals surface area (Å²) in [5.41, 5.74) is 2.10. The molecule has 2 amide bonds. The van der Waals surface area contributed by atoms with Crippen LogP contribution in [0.3, 0.4) is 0 Å². The molecule has 2 aromatic rings. The molecule has 37 heavy (non-hydrogen) atoms. The maximum absolute atomic E-state index is 15.4. The molecule has 4 rings (SSSR count). The molecule has 200 valence electrons. The molecule has 2 aliphatic rings. The first-order valence-electron chi connectivity index (χ1n) is 13.4. The van der Waals surface area contributed by atoms with Gasteiger partial charge in [0.15, 0.2) is 0 Å². The first kappa shape index (κ1) is 26.8. The summed E-state index contributed by atoms with van der Waals surface area (Å²) in [6, 6.07) is 10.1. The minimum atomic E-state index is -0.917. The van der Waals surface area contributed by atoms with E-state index in [0.717, 1.165) is 32.2 Å². The van der Waals surface area contributed by atoms with Crippen molar-refractivity contribution in [1.82, 2.24) is 0 Å². The zero-order valence-corrected chi connectivity index (χ0v) is 21.9. The summed E-state index contributed by atoms with van der Waals surface area (Å²) < 4.78 is 20.9. The van der Waals surface area contributed by atoms with Crippen molar-refractivity contribution in [3.05, 3.63) is 47.8 Å². The Morgan fingerprint density at radius 3 is 2.41 bits per heavy atom. The van der Waals surface area contributed by atoms with Gasteiger partial charge < -0.3 is 25.4 Å². The third-order valence-electron chi connectivity index (χ3n) is 7.18. The smallest absolute Gasteiger partial charge is 0.323 e. The normalized spacial score (nSPS) is 19.4. The zero-order chi connectivity index (χ0) is 26.5. The van der Waals surface area contributed by atoms with E-state index in [9.17, 15) is 14.7 Å². The predicted molar refractivity (Wildman–Crippen MR) is 144 cm³/mol. The van der Waals surface area contributed by atoms with Crippen molar-refractivity contribution >= 4 is 29.1 Å². The molecular weight excluding hydrogens is 473 g/mol. The van der Waals surface area contributed by atoms with E-state index in [2.05, 4.69) is 29.4 Å². The number of urea groups is 1. The Hall–Kier alpha value is -3.29. The molecular formula is C29H38FN3O4. The van der Waals surface area contributed by atoms with Crippen molar-refractivity contribution in [1.29, 1.82) is 0 Å². The first-order valence-corrected chi connectivity index (χ1v) is 13.4. The number of ether oxygens (including phenoxy) is 1. The topological polar surface area (TPSA) is 90.9 Å². The number of nitrogens with zero attached hydrogens (tertiary/aromatic N) is 1. The molecule has 2 fully saturated rings. The summed E-state index contributed by atoms with van der Waals surface area (Å²) in [5, 5.41) is 15.2. The molecule has 0 spiro atoms. The lowest BCUT2D eigenvalue weighted by atomic mass is 9.92. The fraction of sp³-hybridized carbons (Fsp3) is 0.517. The lowest BCUT2D eigenvalue weighted by molar-refractivity contribution is -0.138. The second-order valence-corrected chi connectivity index (χ2v) is 10.6. The summed E-state index contributed by atoms with van der Waals surface area (Å²) in [4.78, 5) is 26.8. The van der Waals surface area contributed by atoms with Crippen LogP contribution in [-0.2, 0) is 4.79 Å². The number of carboxylic acids is 1. The van der Waals surface area contributed by atoms with Gasteiger partial charge in [0.25, 0.3) is 0 Å². The molecule has 0 heterocycles. The standard InChI is InChI=1S/C29H38FN3O4/c1-4-37-21-12-10-19(11-13-21)31-29(36)32-26-15-23(22-14-24(22)28(34)35)25(30)16-27(26)33(17-18(2)3)20-8-6-5-7-9-20/h10-13,15-16,18,20,22,24H,4-9,14,17H2,1-3H3,(H,34,35)(H2,31,32,36). The molecule has 3 N–H and O–H groups in total. The maximum Gasteiger partial charge on any atom is 0.323 e. The van der Waals surface area contributed by atoms with Crippen LogP contribution in [-0.4, -0.2) is 36.3 Å². The summed E-state index contributed by atoms with van der Waals surface area (Å²) >= 11 is 0. The third-order valence-corrected chi connectivity index (χ3v) is 7.18. The minimum absolute atomic E-state index is 0.267. The molecule has 0 saturated heterocycles. The molecule has 8 heteroatoms. The summed E-state index contributed by atoms with van der Waals surface area (Å²) in [7, 11) is 0. The number of rotatable bonds is 10. The van der Waals surface area contributed by atoms with Gasteiger partial charge >= 0.3 is 12.0 Å². The highest BCUT2D eigenvalue weighted by molar-refractivity contribution is 6.02. The van der Waals surface area contributed by atoms with E-state index >= 15 is 4.39 Å². The summed E-state index contributed by atoms with van der Waals surface area (Å²) in [6.07, 6.45) is 5.91. The van der Waals surface area contributed by atoms with Crippen molar-refractivity contribution < 1.29 is 23.8 Å². The van der Waals surface area contributed by atoms with Crippen molar-refractivity contribution in [2.45, 2.75) is 71.3 Å². The van der Waals surface area contributed by atoms with E-state index in [4.69, 9.17) is 4.74 Å². The largest absolute Gasteiger partial charge is 0.494 e. The molecule has 2 unspecified atom stereocenters. The number of amides is 2. The van der Waals surface area contributed by atoms with E-state index in [-0.39, 0.29) is 12.0 Å². The van der Waals surface area contributed by atoms with Crippen molar-refractivity contribution in [2.75, 3.05) is 28.7 Å². The highest BCUT2D eigenvalue weighted by Crippen LogP contribution is 2.50. The molecule has 0 radical (unpaired) electrons. The van der Waals surface area contributed by atoms with Crippen LogP contribution in [0.2, 0.25) is 0 Å². The number of anilines is 3. The molecule has 2 atom stereocenters. The van der Waals surface area contributed by atoms with Crippen LogP contribution in [0.15, 0.2) is 36.4 Å². The second-order valence-electron chi connectivity index (χ2n) is 10.6. The summed E-state index contributed by atoms with van der Waals surface area (Å²) in [5.74, 6) is -1.24. The first-order chi connectivity index (χ1) is 17.8. The molecule has 2 aliphatic carbocycles. The average Bonchev–Trinajstić information content (AvgIpc) is 3.66. The van der Waals surface area contributed by atoms with E-state index in [0.29, 0.717) is 47.3 Å². The number of aliphatic carboxylic acids is 1. The van der Waals surface area contributed by atoms with Gasteiger partial charge in [-0.2, -0.15) is 0 Å². The maximum atomic E-state index is 15.4. The van der Waals surface area contributed by atoms with Gasteiger partial charge in [-0.1, -0.05) is 33.1 Å². The van der Waals surface area contributed by atoms with Gasteiger partial charge in [0.05, 0.1) is 23.9 Å². The number of hydrogen-bond donors (Lipinski definition) is 3. The molecule has 0 bridgehead atoms. The van der Waals surface area contributed by atoms with Gasteiger partial charge in [0, 0.05) is 24.2 Å². The van der Waals surface area contributed by atoms with Crippen molar-refractivity contribution in [3.8, 4) is 5.75 Å². The van der Waals surface area contributed by atoms with Crippen molar-refractivity contribution in [3.63, 3.8) is 0 Å². The van der Waals surface area contributed by atoms with Gasteiger partial charge in [-0.15, -0.1) is 0 Å². The van der Waals surface area contributed by atoms with E-state index in [1.165, 1.54) is 12.5 Å². The number of hydrogen-bond acceptors (Lipinski definition) is 4. The number of carbonyl (C=O) groups is 2. The zero-order valence-electron chi connectivity index (χ0n) is 21.9. The van der Waals surface area contributed by atoms with E-state index < -0.39 is 23.7 Å². The van der Waals surface area contributed by atoms with Crippen LogP contribution in [0.4, 0.5) is 26.2 Å². The van der Waals surface area contributed by atoms with Crippen LogP contribution < -0.4 is 20.3 Å². The Morgan fingerprint density at radius 1 is 1.11 bits per heavy atom. The fourth-order valence-electron chi connectivity index (χ4n) is 5.33. The number of carboxylic acid groups (broad SMARTS) is 1. The molecule has 7 nitrogen and oxygen atoms in total. The van der Waals surface area contributed by atoms with Crippen LogP contribution in [0.1, 0.15) is 70.8 Å². The molecule has 2 aromatic carbocycles. The van der Waals surface area contributed by atoms with Crippen LogP contribution in [0.5, 0.6) is 5.75 Å². The Labute approximate surface area is 218 Å². The van der Waals surface area contributed by atoms with Gasteiger partial charge in [0.1, 0.15) is 11.6 Å². The highest BCUT2D eigenvalue weighted by Gasteiger charge is 2.46. The van der Waals surface area contributed by atoms with Gasteiger partial charge in [-0.3, -0.25) is 4.79 Å². The van der Waals surface area contributed by atoms with E-state index in [1.54, 1.807) is 30.3 Å². The highest BCUT2D eigenvalue weighted by atomic mass is 19.1. The lowest BCUT2D eigenvalue weighted by Crippen LogP contribution is -2.40. The quantitative estimate of drug-likeness (QED) is 0.324. The monoisotopic (exact) mass is 511 g/mol. The van der Waals surface area contributed by atoms with Gasteiger partial charge in [-0.25, -0.2) is 9.18 Å². The third kappa shape index (κ3) is 6.73. The van der Waals surface area contributed by atoms with Crippen LogP contribution in [0.25, 0.3) is 0 Å². The Balaban J connectivity index is 1.64. The Kier molecular flexibility index (Phi) is 8.56. The Morgan fingerprint density at radius 2 is 1.81 bits per heavy atom. The fourth-order valence-corrected chi connectivity index (χ4v) is 5.33. The molecule has 0 aliphatic heterocycles. The predicted octanol–water partition coefficient (Wildman–Crippen LogP) is 6.85. The number of nitrogens with one attached hydrogen (secondary N) is 2. The summed E-state index contributed by atoms with van der Waals surface area (Å²) in [6.45, 7) is 7.46. The average molecular weight is 512 g/mol. The molecule has 2 saturated carbocycles. The SMILES string of the molecule is CCOc1ccc(NC(=O)Nc2cc(C3CC3C(=O)O)c(F)cc2N(CC(C)C)C2CCCCC2)cc1. The molecule has 0 aromatic heterocycles. The van der Waals surface area contributed by atoms with Crippen LogP contribution in [0, 0.1) is 17.7 Å². The van der Waals surface area contributed by atoms with Gasteiger partial charge in [-0.05, 0) is 74.1 Å². The van der Waals surface area contributed by atoms with E-state index in [1.807, 2.05) is 6.92 Å². The number of carbonyl (C=O) groups excluding carboxylic acids is 1.